The van der Waals surface area contributed by atoms with E-state index in [1.165, 1.54) is 6.92 Å². The number of amides is 1. The molecule has 1 N–H and O–H groups in total. The van der Waals surface area contributed by atoms with Gasteiger partial charge in [-0.3, -0.25) is 4.79 Å². The van der Waals surface area contributed by atoms with Gasteiger partial charge in [-0.15, -0.1) is 12.4 Å². The molecule has 100 valence electrons. The number of nitrogens with one attached hydrogen (secondary N) is 1. The summed E-state index contributed by atoms with van der Waals surface area (Å²) in [7, 11) is 0. The molecule has 4 heteroatoms. The van der Waals surface area contributed by atoms with Gasteiger partial charge in [0.15, 0.2) is 0 Å². The van der Waals surface area contributed by atoms with Crippen LogP contribution in [0.4, 0.5) is 5.69 Å². The quantitative estimate of drug-likeness (QED) is 0.914. The maximum Gasteiger partial charge on any atom is 0.221 e. The molecule has 0 fully saturated rings. The van der Waals surface area contributed by atoms with Crippen molar-refractivity contribution in [3.8, 4) is 11.5 Å². The number of rotatable bonds is 3. The zero-order chi connectivity index (χ0) is 13.0. The average molecular weight is 278 g/mol. The van der Waals surface area contributed by atoms with E-state index in [9.17, 15) is 4.79 Å². The van der Waals surface area contributed by atoms with E-state index in [0.29, 0.717) is 0 Å². The molecule has 2 aromatic carbocycles. The smallest absolute Gasteiger partial charge is 0.221 e. The average Bonchev–Trinajstić information content (AvgIpc) is 2.33. The Kier molecular flexibility index (Phi) is 5.39. The number of carbonyl (C=O) groups is 1. The molecule has 0 atom stereocenters. The van der Waals surface area contributed by atoms with Crippen molar-refractivity contribution in [2.24, 2.45) is 0 Å². The monoisotopic (exact) mass is 277 g/mol. The first-order valence-electron chi connectivity index (χ1n) is 5.76. The molecule has 0 radical (unpaired) electrons. The highest BCUT2D eigenvalue weighted by atomic mass is 35.5. The van der Waals surface area contributed by atoms with Crippen molar-refractivity contribution in [1.29, 1.82) is 0 Å². The fourth-order valence-electron chi connectivity index (χ4n) is 1.65. The number of aryl methyl sites for hydroxylation is 1. The van der Waals surface area contributed by atoms with E-state index in [-0.39, 0.29) is 18.3 Å². The number of ether oxygens (including phenoxy) is 1. The fraction of sp³-hybridized carbons (Fsp3) is 0.133. The molecule has 0 bridgehead atoms. The Hall–Kier alpha value is -2.00. The first-order chi connectivity index (χ1) is 8.65. The second-order valence-corrected chi connectivity index (χ2v) is 4.07. The molecule has 2 aromatic rings. The van der Waals surface area contributed by atoms with Gasteiger partial charge < -0.3 is 10.1 Å². The number of benzene rings is 2. The van der Waals surface area contributed by atoms with Crippen LogP contribution in [0.5, 0.6) is 11.5 Å². The summed E-state index contributed by atoms with van der Waals surface area (Å²) in [6, 6.07) is 15.2. The zero-order valence-electron chi connectivity index (χ0n) is 10.8. The summed E-state index contributed by atoms with van der Waals surface area (Å²) >= 11 is 0. The van der Waals surface area contributed by atoms with E-state index in [1.54, 1.807) is 0 Å². The van der Waals surface area contributed by atoms with Gasteiger partial charge in [0.05, 0.1) is 0 Å². The van der Waals surface area contributed by atoms with Crippen molar-refractivity contribution in [2.75, 3.05) is 5.32 Å². The molecule has 0 aromatic heterocycles. The van der Waals surface area contributed by atoms with E-state index < -0.39 is 0 Å². The minimum absolute atomic E-state index is 0. The standard InChI is InChI=1S/C15H15NO2.ClH/c1-11-10-14(8-9-15(11)16-12(2)17)18-13-6-4-3-5-7-13;/h3-10H,1-2H3,(H,16,17);1H. The van der Waals surface area contributed by atoms with Crippen LogP contribution in [0.1, 0.15) is 12.5 Å². The summed E-state index contributed by atoms with van der Waals surface area (Å²) in [5, 5.41) is 2.77. The van der Waals surface area contributed by atoms with E-state index in [2.05, 4.69) is 5.32 Å². The second-order valence-electron chi connectivity index (χ2n) is 4.07. The number of hydrogen-bond acceptors (Lipinski definition) is 2. The van der Waals surface area contributed by atoms with E-state index in [1.807, 2.05) is 55.5 Å². The van der Waals surface area contributed by atoms with Crippen molar-refractivity contribution in [3.05, 3.63) is 54.1 Å². The lowest BCUT2D eigenvalue weighted by Gasteiger charge is -2.10. The van der Waals surface area contributed by atoms with Gasteiger partial charge in [-0.05, 0) is 42.8 Å². The normalized spacial score (nSPS) is 9.37. The zero-order valence-corrected chi connectivity index (χ0v) is 11.7. The first kappa shape index (κ1) is 15.1. The predicted molar refractivity (Wildman–Crippen MR) is 79.2 cm³/mol. The summed E-state index contributed by atoms with van der Waals surface area (Å²) in [6.07, 6.45) is 0. The summed E-state index contributed by atoms with van der Waals surface area (Å²) < 4.78 is 5.71. The van der Waals surface area contributed by atoms with Crippen LogP contribution in [0.15, 0.2) is 48.5 Å². The third-order valence-electron chi connectivity index (χ3n) is 2.49. The van der Waals surface area contributed by atoms with Gasteiger partial charge in [0.25, 0.3) is 0 Å². The van der Waals surface area contributed by atoms with Gasteiger partial charge in [0, 0.05) is 12.6 Å². The maximum absolute atomic E-state index is 11.0. The Balaban J connectivity index is 0.00000180. The minimum atomic E-state index is -0.0742. The van der Waals surface area contributed by atoms with Crippen LogP contribution in [0.2, 0.25) is 0 Å². The van der Waals surface area contributed by atoms with Crippen LogP contribution in [0.3, 0.4) is 0 Å². The predicted octanol–water partition coefficient (Wildman–Crippen LogP) is 4.17. The third kappa shape index (κ3) is 4.30. The molecule has 0 aliphatic heterocycles. The summed E-state index contributed by atoms with van der Waals surface area (Å²) in [4.78, 5) is 11.0. The summed E-state index contributed by atoms with van der Waals surface area (Å²) in [5.41, 5.74) is 1.78. The van der Waals surface area contributed by atoms with Gasteiger partial charge in [-0.1, -0.05) is 18.2 Å². The molecule has 0 spiro atoms. The summed E-state index contributed by atoms with van der Waals surface area (Å²) in [6.45, 7) is 3.43. The Labute approximate surface area is 119 Å². The minimum Gasteiger partial charge on any atom is -0.457 e. The van der Waals surface area contributed by atoms with Crippen LogP contribution in [0.25, 0.3) is 0 Å². The van der Waals surface area contributed by atoms with Crippen LogP contribution >= 0.6 is 12.4 Å². The van der Waals surface area contributed by atoms with E-state index >= 15 is 0 Å². The van der Waals surface area contributed by atoms with Crippen molar-refractivity contribution in [3.63, 3.8) is 0 Å². The Bertz CT molecular complexity index is 555. The lowest BCUT2D eigenvalue weighted by molar-refractivity contribution is -0.114. The largest absolute Gasteiger partial charge is 0.457 e. The number of anilines is 1. The van der Waals surface area contributed by atoms with Gasteiger partial charge >= 0.3 is 0 Å². The van der Waals surface area contributed by atoms with Crippen LogP contribution in [-0.2, 0) is 4.79 Å². The van der Waals surface area contributed by atoms with Gasteiger partial charge in [-0.2, -0.15) is 0 Å². The molecule has 0 unspecified atom stereocenters. The highest BCUT2D eigenvalue weighted by Gasteiger charge is 2.03. The van der Waals surface area contributed by atoms with Crippen LogP contribution in [-0.4, -0.2) is 5.91 Å². The fourth-order valence-corrected chi connectivity index (χ4v) is 1.65. The molecule has 1 amide bonds. The number of hydrogen-bond donors (Lipinski definition) is 1. The van der Waals surface area contributed by atoms with E-state index in [0.717, 1.165) is 22.7 Å². The molecule has 0 saturated heterocycles. The van der Waals surface area contributed by atoms with E-state index in [4.69, 9.17) is 4.74 Å². The van der Waals surface area contributed by atoms with Gasteiger partial charge in [0.2, 0.25) is 5.91 Å². The second kappa shape index (κ2) is 6.81. The molecule has 0 aliphatic carbocycles. The first-order valence-corrected chi connectivity index (χ1v) is 5.76. The topological polar surface area (TPSA) is 38.3 Å². The third-order valence-corrected chi connectivity index (χ3v) is 2.49. The lowest BCUT2D eigenvalue weighted by atomic mass is 10.2. The van der Waals surface area contributed by atoms with Crippen molar-refractivity contribution in [2.45, 2.75) is 13.8 Å². The lowest BCUT2D eigenvalue weighted by Crippen LogP contribution is -2.06. The molecular formula is C15H16ClNO2. The van der Waals surface area contributed by atoms with Gasteiger partial charge in [0.1, 0.15) is 11.5 Å². The summed E-state index contributed by atoms with van der Waals surface area (Å²) in [5.74, 6) is 1.48. The van der Waals surface area contributed by atoms with Crippen molar-refractivity contribution in [1.82, 2.24) is 0 Å². The number of halogens is 1. The Morgan fingerprint density at radius 3 is 2.32 bits per heavy atom. The number of para-hydroxylation sites is 1. The SMILES string of the molecule is CC(=O)Nc1ccc(Oc2ccccc2)cc1C.Cl. The molecule has 0 saturated carbocycles. The van der Waals surface area contributed by atoms with Crippen LogP contribution < -0.4 is 10.1 Å². The molecule has 0 heterocycles. The van der Waals surface area contributed by atoms with Crippen molar-refractivity contribution < 1.29 is 9.53 Å². The van der Waals surface area contributed by atoms with Gasteiger partial charge in [-0.25, -0.2) is 0 Å². The molecule has 0 aliphatic rings. The highest BCUT2D eigenvalue weighted by molar-refractivity contribution is 5.89. The molecule has 2 rings (SSSR count). The number of carbonyl (C=O) groups excluding carboxylic acids is 1. The Morgan fingerprint density at radius 2 is 1.74 bits per heavy atom. The van der Waals surface area contributed by atoms with Crippen LogP contribution in [0, 0.1) is 6.92 Å². The van der Waals surface area contributed by atoms with Crippen molar-refractivity contribution >= 4 is 24.0 Å². The molecular weight excluding hydrogens is 262 g/mol. The molecule has 3 nitrogen and oxygen atoms in total. The Morgan fingerprint density at radius 1 is 1.05 bits per heavy atom. The highest BCUT2D eigenvalue weighted by Crippen LogP contribution is 2.25. The molecule has 19 heavy (non-hydrogen) atoms. The maximum atomic E-state index is 11.0.